The van der Waals surface area contributed by atoms with E-state index in [0.29, 0.717) is 11.6 Å². The minimum atomic E-state index is -3.63. The molecular formula is C19H25FN2O2S. The first-order valence-electron chi connectivity index (χ1n) is 8.36. The smallest absolute Gasteiger partial charge is 0.238 e. The first kappa shape index (κ1) is 19.6. The molecule has 0 aliphatic heterocycles. The maximum Gasteiger partial charge on any atom is 0.238 e. The van der Waals surface area contributed by atoms with Gasteiger partial charge in [0.15, 0.2) is 0 Å². The second-order valence-corrected chi connectivity index (χ2v) is 8.00. The number of benzene rings is 2. The molecule has 0 aromatic heterocycles. The Morgan fingerprint density at radius 1 is 1.12 bits per heavy atom. The SMILES string of the molecule is Cc1cc(CC(C)NCCCc2ccc(S(N)(=O)=O)cc2)ccc1F. The first-order valence-corrected chi connectivity index (χ1v) is 9.90. The summed E-state index contributed by atoms with van der Waals surface area (Å²) in [5.74, 6) is -0.169. The Hall–Kier alpha value is -1.76. The lowest BCUT2D eigenvalue weighted by Gasteiger charge is -2.14. The highest BCUT2D eigenvalue weighted by molar-refractivity contribution is 7.89. The molecular weight excluding hydrogens is 339 g/mol. The molecule has 4 nitrogen and oxygen atoms in total. The lowest BCUT2D eigenvalue weighted by atomic mass is 10.0. The van der Waals surface area contributed by atoms with Gasteiger partial charge in [0.1, 0.15) is 5.82 Å². The van der Waals surface area contributed by atoms with Crippen molar-refractivity contribution in [2.45, 2.75) is 44.0 Å². The molecule has 0 radical (unpaired) electrons. The Morgan fingerprint density at radius 2 is 1.76 bits per heavy atom. The fourth-order valence-electron chi connectivity index (χ4n) is 2.75. The van der Waals surface area contributed by atoms with Crippen LogP contribution in [0.25, 0.3) is 0 Å². The quantitative estimate of drug-likeness (QED) is 0.708. The zero-order valence-electron chi connectivity index (χ0n) is 14.6. The van der Waals surface area contributed by atoms with Gasteiger partial charge in [-0.15, -0.1) is 0 Å². The highest BCUT2D eigenvalue weighted by Crippen LogP contribution is 2.12. The molecule has 0 fully saturated rings. The highest BCUT2D eigenvalue weighted by atomic mass is 32.2. The molecule has 136 valence electrons. The second-order valence-electron chi connectivity index (χ2n) is 6.44. The van der Waals surface area contributed by atoms with Gasteiger partial charge in [0.25, 0.3) is 0 Å². The lowest BCUT2D eigenvalue weighted by molar-refractivity contribution is 0.533. The molecule has 0 amide bonds. The molecule has 1 unspecified atom stereocenters. The molecule has 0 aliphatic carbocycles. The van der Waals surface area contributed by atoms with Gasteiger partial charge in [-0.25, -0.2) is 17.9 Å². The number of hydrogen-bond acceptors (Lipinski definition) is 3. The van der Waals surface area contributed by atoms with Crippen LogP contribution in [0, 0.1) is 12.7 Å². The topological polar surface area (TPSA) is 72.2 Å². The third kappa shape index (κ3) is 6.23. The number of primary sulfonamides is 1. The van der Waals surface area contributed by atoms with Crippen LogP contribution < -0.4 is 10.5 Å². The van der Waals surface area contributed by atoms with E-state index in [2.05, 4.69) is 12.2 Å². The van der Waals surface area contributed by atoms with E-state index < -0.39 is 10.0 Å². The Kier molecular flexibility index (Phi) is 6.70. The number of nitrogens with one attached hydrogen (secondary N) is 1. The number of rotatable bonds is 8. The number of sulfonamides is 1. The molecule has 0 spiro atoms. The summed E-state index contributed by atoms with van der Waals surface area (Å²) in [4.78, 5) is 0.137. The largest absolute Gasteiger partial charge is 0.314 e. The standard InChI is InChI=1S/C19H25FN2O2S/c1-14-12-17(7-10-19(14)20)13-15(2)22-11-3-4-16-5-8-18(9-6-16)25(21,23)24/h5-10,12,15,22H,3-4,11,13H2,1-2H3,(H2,21,23,24). The normalized spacial score (nSPS) is 13.0. The Bertz CT molecular complexity index is 805. The van der Waals surface area contributed by atoms with Gasteiger partial charge < -0.3 is 5.32 Å². The summed E-state index contributed by atoms with van der Waals surface area (Å²) in [6.45, 7) is 4.75. The Labute approximate surface area is 149 Å². The van der Waals surface area contributed by atoms with Crippen molar-refractivity contribution < 1.29 is 12.8 Å². The van der Waals surface area contributed by atoms with E-state index in [1.54, 1.807) is 19.1 Å². The van der Waals surface area contributed by atoms with Crippen LogP contribution in [0.3, 0.4) is 0 Å². The van der Waals surface area contributed by atoms with Gasteiger partial charge in [-0.05, 0) is 74.5 Å². The number of aryl methyl sites for hydroxylation is 2. The van der Waals surface area contributed by atoms with Crippen LogP contribution in [-0.4, -0.2) is 21.0 Å². The van der Waals surface area contributed by atoms with E-state index >= 15 is 0 Å². The van der Waals surface area contributed by atoms with Crippen molar-refractivity contribution in [1.82, 2.24) is 5.32 Å². The van der Waals surface area contributed by atoms with Crippen LogP contribution in [0.4, 0.5) is 4.39 Å². The average molecular weight is 364 g/mol. The highest BCUT2D eigenvalue weighted by Gasteiger charge is 2.07. The van der Waals surface area contributed by atoms with Gasteiger partial charge in [0.05, 0.1) is 4.90 Å². The average Bonchev–Trinajstić information content (AvgIpc) is 2.55. The number of nitrogens with two attached hydrogens (primary N) is 1. The summed E-state index contributed by atoms with van der Waals surface area (Å²) >= 11 is 0. The summed E-state index contributed by atoms with van der Waals surface area (Å²) < 4.78 is 35.7. The first-order chi connectivity index (χ1) is 11.8. The Morgan fingerprint density at radius 3 is 2.36 bits per heavy atom. The molecule has 0 bridgehead atoms. The van der Waals surface area contributed by atoms with Gasteiger partial charge in [-0.1, -0.05) is 24.3 Å². The predicted octanol–water partition coefficient (Wildman–Crippen LogP) is 2.93. The van der Waals surface area contributed by atoms with E-state index in [9.17, 15) is 12.8 Å². The summed E-state index contributed by atoms with van der Waals surface area (Å²) in [6, 6.07) is 12.2. The van der Waals surface area contributed by atoms with E-state index in [4.69, 9.17) is 5.14 Å². The monoisotopic (exact) mass is 364 g/mol. The zero-order valence-corrected chi connectivity index (χ0v) is 15.4. The van der Waals surface area contributed by atoms with Crippen LogP contribution >= 0.6 is 0 Å². The van der Waals surface area contributed by atoms with Crippen LogP contribution in [-0.2, 0) is 22.9 Å². The molecule has 0 saturated heterocycles. The number of halogens is 1. The van der Waals surface area contributed by atoms with Gasteiger partial charge in [0.2, 0.25) is 10.0 Å². The van der Waals surface area contributed by atoms with Crippen molar-refractivity contribution in [1.29, 1.82) is 0 Å². The molecule has 0 saturated carbocycles. The molecule has 2 aromatic rings. The summed E-state index contributed by atoms with van der Waals surface area (Å²) in [5.41, 5.74) is 2.88. The van der Waals surface area contributed by atoms with Crippen molar-refractivity contribution in [3.63, 3.8) is 0 Å². The molecule has 6 heteroatoms. The number of hydrogen-bond donors (Lipinski definition) is 2. The van der Waals surface area contributed by atoms with Crippen LogP contribution in [0.15, 0.2) is 47.4 Å². The molecule has 1 atom stereocenters. The van der Waals surface area contributed by atoms with Crippen LogP contribution in [0.1, 0.15) is 30.0 Å². The lowest BCUT2D eigenvalue weighted by Crippen LogP contribution is -2.29. The van der Waals surface area contributed by atoms with Gasteiger partial charge in [0, 0.05) is 6.04 Å². The van der Waals surface area contributed by atoms with Gasteiger partial charge in [-0.2, -0.15) is 0 Å². The van der Waals surface area contributed by atoms with Crippen molar-refractivity contribution in [2.24, 2.45) is 5.14 Å². The summed E-state index contributed by atoms with van der Waals surface area (Å²) in [5, 5.41) is 8.55. The van der Waals surface area contributed by atoms with Crippen molar-refractivity contribution in [3.05, 3.63) is 65.0 Å². The summed E-state index contributed by atoms with van der Waals surface area (Å²) in [6.07, 6.45) is 2.66. The van der Waals surface area contributed by atoms with Crippen molar-refractivity contribution in [3.8, 4) is 0 Å². The predicted molar refractivity (Wildman–Crippen MR) is 98.4 cm³/mol. The maximum atomic E-state index is 13.3. The molecule has 25 heavy (non-hydrogen) atoms. The van der Waals surface area contributed by atoms with Crippen LogP contribution in [0.5, 0.6) is 0 Å². The van der Waals surface area contributed by atoms with E-state index in [1.807, 2.05) is 12.1 Å². The third-order valence-corrected chi connectivity index (χ3v) is 5.08. The molecule has 0 heterocycles. The van der Waals surface area contributed by atoms with E-state index in [1.165, 1.54) is 18.2 Å². The van der Waals surface area contributed by atoms with E-state index in [-0.39, 0.29) is 10.7 Å². The van der Waals surface area contributed by atoms with Crippen LogP contribution in [0.2, 0.25) is 0 Å². The third-order valence-electron chi connectivity index (χ3n) is 4.15. The fraction of sp³-hybridized carbons (Fsp3) is 0.368. The minimum absolute atomic E-state index is 0.137. The maximum absolute atomic E-state index is 13.3. The molecule has 2 rings (SSSR count). The Balaban J connectivity index is 1.74. The fourth-order valence-corrected chi connectivity index (χ4v) is 3.26. The molecule has 3 N–H and O–H groups in total. The van der Waals surface area contributed by atoms with Gasteiger partial charge in [-0.3, -0.25) is 0 Å². The zero-order chi connectivity index (χ0) is 18.4. The molecule has 0 aliphatic rings. The van der Waals surface area contributed by atoms with Gasteiger partial charge >= 0.3 is 0 Å². The molecule has 2 aromatic carbocycles. The summed E-state index contributed by atoms with van der Waals surface area (Å²) in [7, 11) is -3.63. The van der Waals surface area contributed by atoms with E-state index in [0.717, 1.165) is 36.9 Å². The minimum Gasteiger partial charge on any atom is -0.314 e. The second kappa shape index (κ2) is 8.56. The van der Waals surface area contributed by atoms with Crippen molar-refractivity contribution in [2.75, 3.05) is 6.54 Å². The van der Waals surface area contributed by atoms with Crippen molar-refractivity contribution >= 4 is 10.0 Å².